The van der Waals surface area contributed by atoms with Crippen LogP contribution < -0.4 is 11.3 Å². The smallest absolute Gasteiger partial charge is 0.365 e. The maximum absolute atomic E-state index is 13.1. The van der Waals surface area contributed by atoms with E-state index in [1.54, 1.807) is 0 Å². The van der Waals surface area contributed by atoms with Gasteiger partial charge in [0.25, 0.3) is 11.5 Å². The van der Waals surface area contributed by atoms with E-state index < -0.39 is 47.2 Å². The van der Waals surface area contributed by atoms with E-state index >= 15 is 0 Å². The monoisotopic (exact) mass is 364 g/mol. The first-order valence-electron chi connectivity index (χ1n) is 6.68. The van der Waals surface area contributed by atoms with Crippen molar-refractivity contribution >= 4 is 5.91 Å². The summed E-state index contributed by atoms with van der Waals surface area (Å²) in [5.41, 5.74) is 0.707. The number of carbonyl (C=O) groups excluding carboxylic acids is 1. The predicted molar refractivity (Wildman–Crippen MR) is 74.8 cm³/mol. The fraction of sp³-hybridized carbons (Fsp3) is 0.200. The summed E-state index contributed by atoms with van der Waals surface area (Å²) >= 11 is 0. The second kappa shape index (κ2) is 6.26. The second-order valence-corrected chi connectivity index (χ2v) is 5.08. The Morgan fingerprint density at radius 1 is 0.920 bits per heavy atom. The standard InChI is InChI=1S/C15H10F6N2O2/c16-14(17,18)9-3-1-8(2-4-9)7-23-11(15(19,20)21)6-5-10(12(22)24)13(23)25/h1-6H,7H2,(H2,22,24). The zero-order valence-electron chi connectivity index (χ0n) is 12.3. The molecule has 2 rings (SSSR count). The van der Waals surface area contributed by atoms with Gasteiger partial charge in [-0.05, 0) is 29.8 Å². The highest BCUT2D eigenvalue weighted by molar-refractivity contribution is 5.92. The third-order valence-electron chi connectivity index (χ3n) is 3.35. The van der Waals surface area contributed by atoms with E-state index in [2.05, 4.69) is 0 Å². The van der Waals surface area contributed by atoms with Gasteiger partial charge in [0.15, 0.2) is 0 Å². The molecule has 0 bridgehead atoms. The van der Waals surface area contributed by atoms with Gasteiger partial charge in [-0.15, -0.1) is 0 Å². The molecule has 0 radical (unpaired) electrons. The Morgan fingerprint density at radius 3 is 1.92 bits per heavy atom. The Labute approximate surface area is 136 Å². The number of nitrogens with zero attached hydrogens (tertiary/aromatic N) is 1. The van der Waals surface area contributed by atoms with Crippen LogP contribution in [0.25, 0.3) is 0 Å². The van der Waals surface area contributed by atoms with Gasteiger partial charge in [-0.1, -0.05) is 12.1 Å². The summed E-state index contributed by atoms with van der Waals surface area (Å²) < 4.78 is 77.0. The number of benzene rings is 1. The first-order chi connectivity index (χ1) is 11.4. The quantitative estimate of drug-likeness (QED) is 0.851. The van der Waals surface area contributed by atoms with Crippen LogP contribution in [0.2, 0.25) is 0 Å². The highest BCUT2D eigenvalue weighted by Gasteiger charge is 2.35. The largest absolute Gasteiger partial charge is 0.431 e. The molecule has 1 amide bonds. The molecular weight excluding hydrogens is 354 g/mol. The van der Waals surface area contributed by atoms with Crippen LogP contribution in [0.5, 0.6) is 0 Å². The van der Waals surface area contributed by atoms with Crippen molar-refractivity contribution in [1.29, 1.82) is 0 Å². The number of carbonyl (C=O) groups is 1. The number of rotatable bonds is 3. The maximum Gasteiger partial charge on any atom is 0.431 e. The summed E-state index contributed by atoms with van der Waals surface area (Å²) in [4.78, 5) is 23.2. The highest BCUT2D eigenvalue weighted by Crippen LogP contribution is 2.30. The molecule has 0 aliphatic heterocycles. The van der Waals surface area contributed by atoms with Crippen LogP contribution in [-0.4, -0.2) is 10.5 Å². The number of nitrogens with two attached hydrogens (primary N) is 1. The second-order valence-electron chi connectivity index (χ2n) is 5.08. The normalized spacial score (nSPS) is 12.2. The molecule has 0 saturated carbocycles. The van der Waals surface area contributed by atoms with Crippen molar-refractivity contribution < 1.29 is 31.1 Å². The average Bonchev–Trinajstić information content (AvgIpc) is 2.47. The van der Waals surface area contributed by atoms with E-state index in [-0.39, 0.29) is 10.1 Å². The summed E-state index contributed by atoms with van der Waals surface area (Å²) in [6.45, 7) is -0.674. The number of hydrogen-bond donors (Lipinski definition) is 1. The molecule has 2 aromatic rings. The zero-order valence-corrected chi connectivity index (χ0v) is 12.3. The van der Waals surface area contributed by atoms with Crippen LogP contribution in [0.3, 0.4) is 0 Å². The van der Waals surface area contributed by atoms with E-state index in [4.69, 9.17) is 5.73 Å². The molecule has 0 aliphatic carbocycles. The average molecular weight is 364 g/mol. The molecule has 0 spiro atoms. The minimum Gasteiger partial charge on any atom is -0.365 e. The minimum absolute atomic E-state index is 0.0159. The van der Waals surface area contributed by atoms with Crippen molar-refractivity contribution in [3.63, 3.8) is 0 Å². The van der Waals surface area contributed by atoms with Crippen molar-refractivity contribution in [2.24, 2.45) is 5.73 Å². The molecule has 2 N–H and O–H groups in total. The third kappa shape index (κ3) is 4.01. The number of pyridine rings is 1. The van der Waals surface area contributed by atoms with Gasteiger partial charge in [-0.25, -0.2) is 0 Å². The SMILES string of the molecule is NC(=O)c1ccc(C(F)(F)F)n(Cc2ccc(C(F)(F)F)cc2)c1=O. The Balaban J connectivity index is 2.52. The van der Waals surface area contributed by atoms with Crippen LogP contribution >= 0.6 is 0 Å². The van der Waals surface area contributed by atoms with Crippen LogP contribution in [0.4, 0.5) is 26.3 Å². The van der Waals surface area contributed by atoms with E-state index in [0.29, 0.717) is 24.3 Å². The molecule has 1 aromatic heterocycles. The lowest BCUT2D eigenvalue weighted by Crippen LogP contribution is -2.34. The highest BCUT2D eigenvalue weighted by atomic mass is 19.4. The van der Waals surface area contributed by atoms with Crippen molar-refractivity contribution in [2.45, 2.75) is 18.9 Å². The molecule has 0 saturated heterocycles. The Bertz CT molecular complexity index is 850. The van der Waals surface area contributed by atoms with Crippen molar-refractivity contribution in [2.75, 3.05) is 0 Å². The fourth-order valence-corrected chi connectivity index (χ4v) is 2.15. The molecule has 10 heteroatoms. The summed E-state index contributed by atoms with van der Waals surface area (Å²) in [6, 6.07) is 4.46. The molecular formula is C15H10F6N2O2. The van der Waals surface area contributed by atoms with Crippen molar-refractivity contribution in [3.8, 4) is 0 Å². The van der Waals surface area contributed by atoms with Gasteiger partial charge in [0, 0.05) is 0 Å². The van der Waals surface area contributed by atoms with E-state index in [1.165, 1.54) is 0 Å². The lowest BCUT2D eigenvalue weighted by Gasteiger charge is -2.16. The number of primary amides is 1. The van der Waals surface area contributed by atoms with Crippen molar-refractivity contribution in [3.05, 3.63) is 69.1 Å². The predicted octanol–water partition coefficient (Wildman–Crippen LogP) is 3.03. The van der Waals surface area contributed by atoms with E-state index in [1.807, 2.05) is 0 Å². The molecule has 4 nitrogen and oxygen atoms in total. The first kappa shape index (κ1) is 18.6. The van der Waals surface area contributed by atoms with Gasteiger partial charge < -0.3 is 5.73 Å². The number of amides is 1. The third-order valence-corrected chi connectivity index (χ3v) is 3.35. The molecule has 0 aliphatic rings. The zero-order chi connectivity index (χ0) is 19.0. The van der Waals surface area contributed by atoms with Gasteiger partial charge in [0.1, 0.15) is 11.3 Å². The molecule has 1 aromatic carbocycles. The number of hydrogen-bond acceptors (Lipinski definition) is 2. The molecule has 134 valence electrons. The first-order valence-corrected chi connectivity index (χ1v) is 6.68. The summed E-state index contributed by atoms with van der Waals surface area (Å²) in [5.74, 6) is -1.21. The Kier molecular flexibility index (Phi) is 4.65. The molecule has 25 heavy (non-hydrogen) atoms. The number of alkyl halides is 6. The van der Waals surface area contributed by atoms with Gasteiger partial charge in [0.05, 0.1) is 12.1 Å². The number of aromatic nitrogens is 1. The summed E-state index contributed by atoms with van der Waals surface area (Å²) in [6.07, 6.45) is -9.50. The Morgan fingerprint density at radius 2 is 1.48 bits per heavy atom. The lowest BCUT2D eigenvalue weighted by molar-refractivity contribution is -0.144. The summed E-state index contributed by atoms with van der Waals surface area (Å²) in [7, 11) is 0. The summed E-state index contributed by atoms with van der Waals surface area (Å²) in [5, 5.41) is 0. The topological polar surface area (TPSA) is 65.1 Å². The fourth-order valence-electron chi connectivity index (χ4n) is 2.15. The molecule has 0 atom stereocenters. The van der Waals surface area contributed by atoms with Crippen LogP contribution in [-0.2, 0) is 18.9 Å². The molecule has 0 fully saturated rings. The van der Waals surface area contributed by atoms with Gasteiger partial charge in [-0.2, -0.15) is 26.3 Å². The van der Waals surface area contributed by atoms with Crippen LogP contribution in [0, 0.1) is 0 Å². The number of halogens is 6. The minimum atomic E-state index is -4.90. The van der Waals surface area contributed by atoms with Gasteiger partial charge in [-0.3, -0.25) is 14.2 Å². The van der Waals surface area contributed by atoms with E-state index in [9.17, 15) is 35.9 Å². The molecule has 1 heterocycles. The molecule has 0 unspecified atom stereocenters. The Hall–Kier alpha value is -2.78. The van der Waals surface area contributed by atoms with Crippen LogP contribution in [0.1, 0.15) is 27.2 Å². The van der Waals surface area contributed by atoms with Gasteiger partial charge in [0.2, 0.25) is 0 Å². The van der Waals surface area contributed by atoms with E-state index in [0.717, 1.165) is 12.1 Å². The maximum atomic E-state index is 13.1. The van der Waals surface area contributed by atoms with Crippen LogP contribution in [0.15, 0.2) is 41.2 Å². The van der Waals surface area contributed by atoms with Crippen molar-refractivity contribution in [1.82, 2.24) is 4.57 Å². The van der Waals surface area contributed by atoms with Gasteiger partial charge >= 0.3 is 12.4 Å². The lowest BCUT2D eigenvalue weighted by atomic mass is 10.1.